The van der Waals surface area contributed by atoms with Crippen LogP contribution in [0, 0.1) is 5.92 Å². The summed E-state index contributed by atoms with van der Waals surface area (Å²) in [5.41, 5.74) is 0. The molecular formula is C11H14BrN3OS. The van der Waals surface area contributed by atoms with Crippen LogP contribution >= 0.6 is 27.3 Å². The van der Waals surface area contributed by atoms with Gasteiger partial charge >= 0.3 is 0 Å². The Balaban J connectivity index is 1.96. The van der Waals surface area contributed by atoms with Gasteiger partial charge in [0.25, 0.3) is 0 Å². The zero-order chi connectivity index (χ0) is 12.3. The molecule has 2 heterocycles. The van der Waals surface area contributed by atoms with Crippen LogP contribution in [0.25, 0.3) is 10.8 Å². The van der Waals surface area contributed by atoms with Crippen molar-refractivity contribution in [1.82, 2.24) is 15.5 Å². The van der Waals surface area contributed by atoms with Crippen LogP contribution in [0.3, 0.4) is 0 Å². The second kappa shape index (κ2) is 5.75. The van der Waals surface area contributed by atoms with Gasteiger partial charge in [-0.15, -0.1) is 10.2 Å². The normalized spacial score (nSPS) is 11.3. The maximum atomic E-state index is 5.43. The van der Waals surface area contributed by atoms with Gasteiger partial charge in [-0.2, -0.15) is 0 Å². The van der Waals surface area contributed by atoms with Crippen molar-refractivity contribution >= 4 is 27.3 Å². The van der Waals surface area contributed by atoms with E-state index in [0.717, 1.165) is 28.9 Å². The molecule has 17 heavy (non-hydrogen) atoms. The van der Waals surface area contributed by atoms with Crippen LogP contribution in [0.1, 0.15) is 18.9 Å². The summed E-state index contributed by atoms with van der Waals surface area (Å²) in [7, 11) is 0. The van der Waals surface area contributed by atoms with Gasteiger partial charge < -0.3 is 9.73 Å². The van der Waals surface area contributed by atoms with Gasteiger partial charge in [0.05, 0.1) is 0 Å². The number of aromatic nitrogens is 2. The molecule has 92 valence electrons. The second-order valence-electron chi connectivity index (χ2n) is 4.13. The predicted molar refractivity (Wildman–Crippen MR) is 71.9 cm³/mol. The van der Waals surface area contributed by atoms with Gasteiger partial charge in [-0.1, -0.05) is 25.2 Å². The van der Waals surface area contributed by atoms with Gasteiger partial charge in [0.15, 0.2) is 15.4 Å². The van der Waals surface area contributed by atoms with Crippen molar-refractivity contribution < 1.29 is 4.42 Å². The zero-order valence-corrected chi connectivity index (χ0v) is 12.1. The Morgan fingerprint density at radius 3 is 2.88 bits per heavy atom. The Bertz CT molecular complexity index is 481. The van der Waals surface area contributed by atoms with Crippen LogP contribution in [0.2, 0.25) is 0 Å². The van der Waals surface area contributed by atoms with Crippen molar-refractivity contribution in [2.45, 2.75) is 20.4 Å². The Morgan fingerprint density at radius 1 is 1.41 bits per heavy atom. The number of nitrogens with one attached hydrogen (secondary N) is 1. The first kappa shape index (κ1) is 12.7. The zero-order valence-electron chi connectivity index (χ0n) is 9.74. The average Bonchev–Trinajstić information content (AvgIpc) is 2.86. The van der Waals surface area contributed by atoms with E-state index >= 15 is 0 Å². The fourth-order valence-corrected chi connectivity index (χ4v) is 2.40. The van der Waals surface area contributed by atoms with E-state index in [1.807, 2.05) is 12.1 Å². The standard InChI is InChI=1S/C11H14BrN3OS/c1-7(2)5-13-6-10-14-15-11(17-10)8-3-4-9(12)16-8/h3-4,7,13H,5-6H2,1-2H3. The Hall–Kier alpha value is -0.720. The van der Waals surface area contributed by atoms with E-state index in [-0.39, 0.29) is 0 Å². The molecule has 0 bridgehead atoms. The summed E-state index contributed by atoms with van der Waals surface area (Å²) in [6.07, 6.45) is 0. The quantitative estimate of drug-likeness (QED) is 0.919. The molecule has 4 nitrogen and oxygen atoms in total. The first-order chi connectivity index (χ1) is 8.15. The molecule has 0 spiro atoms. The lowest BCUT2D eigenvalue weighted by Gasteiger charge is -2.03. The minimum absolute atomic E-state index is 0.642. The van der Waals surface area contributed by atoms with Crippen molar-refractivity contribution in [3.63, 3.8) is 0 Å². The summed E-state index contributed by atoms with van der Waals surface area (Å²) >= 11 is 4.82. The lowest BCUT2D eigenvalue weighted by Crippen LogP contribution is -2.18. The third-order valence-electron chi connectivity index (χ3n) is 2.08. The van der Waals surface area contributed by atoms with Crippen LogP contribution in [-0.4, -0.2) is 16.7 Å². The summed E-state index contributed by atoms with van der Waals surface area (Å²) in [6.45, 7) is 6.11. The molecular weight excluding hydrogens is 302 g/mol. The molecule has 2 rings (SSSR count). The third kappa shape index (κ3) is 3.62. The smallest absolute Gasteiger partial charge is 0.183 e. The highest BCUT2D eigenvalue weighted by molar-refractivity contribution is 9.10. The number of furan rings is 1. The Labute approximate surface area is 113 Å². The van der Waals surface area contributed by atoms with Gasteiger partial charge in [-0.05, 0) is 40.5 Å². The molecule has 2 aromatic heterocycles. The summed E-state index contributed by atoms with van der Waals surface area (Å²) in [4.78, 5) is 0. The fourth-order valence-electron chi connectivity index (χ4n) is 1.32. The fraction of sp³-hybridized carbons (Fsp3) is 0.455. The van der Waals surface area contributed by atoms with E-state index in [2.05, 4.69) is 45.3 Å². The number of halogens is 1. The van der Waals surface area contributed by atoms with Crippen molar-refractivity contribution in [3.05, 3.63) is 21.8 Å². The lowest BCUT2D eigenvalue weighted by molar-refractivity contribution is 0.549. The summed E-state index contributed by atoms with van der Waals surface area (Å²) in [5, 5.41) is 13.4. The first-order valence-corrected chi connectivity index (χ1v) is 7.05. The van der Waals surface area contributed by atoms with E-state index in [9.17, 15) is 0 Å². The molecule has 0 fully saturated rings. The lowest BCUT2D eigenvalue weighted by atomic mass is 10.2. The van der Waals surface area contributed by atoms with Crippen molar-refractivity contribution in [1.29, 1.82) is 0 Å². The second-order valence-corrected chi connectivity index (χ2v) is 5.97. The molecule has 0 amide bonds. The molecule has 0 radical (unpaired) electrons. The largest absolute Gasteiger partial charge is 0.447 e. The highest BCUT2D eigenvalue weighted by Crippen LogP contribution is 2.27. The summed E-state index contributed by atoms with van der Waals surface area (Å²) in [6, 6.07) is 3.74. The molecule has 0 aliphatic rings. The Morgan fingerprint density at radius 2 is 2.24 bits per heavy atom. The minimum atomic E-state index is 0.642. The maximum Gasteiger partial charge on any atom is 0.183 e. The first-order valence-electron chi connectivity index (χ1n) is 5.44. The van der Waals surface area contributed by atoms with Gasteiger partial charge in [0.2, 0.25) is 0 Å². The molecule has 0 aliphatic heterocycles. The molecule has 6 heteroatoms. The van der Waals surface area contributed by atoms with Crippen molar-refractivity contribution in [3.8, 4) is 10.8 Å². The molecule has 0 atom stereocenters. The van der Waals surface area contributed by atoms with E-state index in [0.29, 0.717) is 10.6 Å². The monoisotopic (exact) mass is 315 g/mol. The minimum Gasteiger partial charge on any atom is -0.447 e. The van der Waals surface area contributed by atoms with E-state index in [1.54, 1.807) is 11.3 Å². The SMILES string of the molecule is CC(C)CNCc1nnc(-c2ccc(Br)o2)s1. The molecule has 0 saturated carbocycles. The molecule has 0 unspecified atom stereocenters. The summed E-state index contributed by atoms with van der Waals surface area (Å²) < 4.78 is 6.14. The molecule has 0 aliphatic carbocycles. The number of rotatable bonds is 5. The molecule has 0 saturated heterocycles. The molecule has 1 N–H and O–H groups in total. The van der Waals surface area contributed by atoms with E-state index in [1.165, 1.54) is 0 Å². The van der Waals surface area contributed by atoms with Gasteiger partial charge in [-0.3, -0.25) is 0 Å². The van der Waals surface area contributed by atoms with Crippen LogP contribution < -0.4 is 5.32 Å². The van der Waals surface area contributed by atoms with Gasteiger partial charge in [0.1, 0.15) is 5.01 Å². The van der Waals surface area contributed by atoms with Crippen LogP contribution in [0.15, 0.2) is 21.2 Å². The molecule has 2 aromatic rings. The van der Waals surface area contributed by atoms with Crippen LogP contribution in [0.5, 0.6) is 0 Å². The summed E-state index contributed by atoms with van der Waals surface area (Å²) in [5.74, 6) is 1.40. The number of nitrogens with zero attached hydrogens (tertiary/aromatic N) is 2. The topological polar surface area (TPSA) is 51.0 Å². The number of hydrogen-bond acceptors (Lipinski definition) is 5. The maximum absolute atomic E-state index is 5.43. The van der Waals surface area contributed by atoms with E-state index < -0.39 is 0 Å². The highest BCUT2D eigenvalue weighted by Gasteiger charge is 2.10. The van der Waals surface area contributed by atoms with Crippen molar-refractivity contribution in [2.75, 3.05) is 6.54 Å². The van der Waals surface area contributed by atoms with Crippen LogP contribution in [0.4, 0.5) is 0 Å². The van der Waals surface area contributed by atoms with Crippen LogP contribution in [-0.2, 0) is 6.54 Å². The predicted octanol–water partition coefficient (Wildman–Crippen LogP) is 3.31. The Kier molecular flexibility index (Phi) is 4.31. The average molecular weight is 316 g/mol. The van der Waals surface area contributed by atoms with Crippen molar-refractivity contribution in [2.24, 2.45) is 5.92 Å². The van der Waals surface area contributed by atoms with Gasteiger partial charge in [-0.25, -0.2) is 0 Å². The van der Waals surface area contributed by atoms with E-state index in [4.69, 9.17) is 4.42 Å². The van der Waals surface area contributed by atoms with Gasteiger partial charge in [0, 0.05) is 6.54 Å². The molecule has 0 aromatic carbocycles. The number of hydrogen-bond donors (Lipinski definition) is 1. The highest BCUT2D eigenvalue weighted by atomic mass is 79.9. The third-order valence-corrected chi connectivity index (χ3v) is 3.44.